The zero-order valence-corrected chi connectivity index (χ0v) is 13.7. The Morgan fingerprint density at radius 3 is 2.50 bits per heavy atom. The Bertz CT molecular complexity index is 408. The lowest BCUT2D eigenvalue weighted by atomic mass is 9.69. The Morgan fingerprint density at radius 2 is 1.90 bits per heavy atom. The second kappa shape index (κ2) is 7.26. The molecule has 1 aliphatic rings. The van der Waals surface area contributed by atoms with Gasteiger partial charge in [-0.3, -0.25) is 0 Å². The fourth-order valence-corrected chi connectivity index (χ4v) is 3.23. The molecule has 1 saturated carbocycles. The van der Waals surface area contributed by atoms with Gasteiger partial charge >= 0.3 is 0 Å². The molecular weight excluding hydrogens is 242 g/mol. The highest BCUT2D eigenvalue weighted by Gasteiger charge is 2.31. The molecule has 0 saturated heterocycles. The lowest BCUT2D eigenvalue weighted by molar-refractivity contribution is 0.243. The molecule has 1 fully saturated rings. The van der Waals surface area contributed by atoms with E-state index in [1.54, 1.807) is 5.56 Å². The van der Waals surface area contributed by atoms with Crippen molar-refractivity contribution in [2.24, 2.45) is 17.8 Å². The van der Waals surface area contributed by atoms with Crippen LogP contribution in [0.1, 0.15) is 57.6 Å². The van der Waals surface area contributed by atoms with Gasteiger partial charge in [-0.15, -0.1) is 0 Å². The summed E-state index contributed by atoms with van der Waals surface area (Å²) in [5.41, 5.74) is 3.09. The van der Waals surface area contributed by atoms with Crippen molar-refractivity contribution in [3.05, 3.63) is 35.4 Å². The van der Waals surface area contributed by atoms with E-state index in [2.05, 4.69) is 57.3 Å². The van der Waals surface area contributed by atoms with Crippen LogP contribution in [0.3, 0.4) is 0 Å². The van der Waals surface area contributed by atoms with Crippen LogP contribution in [-0.4, -0.2) is 13.1 Å². The van der Waals surface area contributed by atoms with Crippen molar-refractivity contribution in [1.82, 2.24) is 5.32 Å². The van der Waals surface area contributed by atoms with Gasteiger partial charge in [-0.2, -0.15) is 0 Å². The summed E-state index contributed by atoms with van der Waals surface area (Å²) in [6.07, 6.45) is 3.97. The first kappa shape index (κ1) is 15.6. The molecule has 2 atom stereocenters. The van der Waals surface area contributed by atoms with Crippen LogP contribution in [0.2, 0.25) is 0 Å². The zero-order valence-electron chi connectivity index (χ0n) is 13.7. The molecule has 0 amide bonds. The van der Waals surface area contributed by atoms with E-state index in [0.29, 0.717) is 0 Å². The van der Waals surface area contributed by atoms with Gasteiger partial charge in [0.1, 0.15) is 0 Å². The third-order valence-electron chi connectivity index (χ3n) is 4.40. The van der Waals surface area contributed by atoms with Crippen molar-refractivity contribution in [1.29, 1.82) is 0 Å². The minimum absolute atomic E-state index is 0.746. The molecule has 1 aromatic rings. The maximum absolute atomic E-state index is 3.63. The fourth-order valence-electron chi connectivity index (χ4n) is 3.23. The summed E-state index contributed by atoms with van der Waals surface area (Å²) >= 11 is 0. The van der Waals surface area contributed by atoms with Gasteiger partial charge in [-0.1, -0.05) is 52.0 Å². The molecule has 0 aromatic heterocycles. The largest absolute Gasteiger partial charge is 0.316 e. The Balaban J connectivity index is 1.90. The van der Waals surface area contributed by atoms with Crippen LogP contribution in [0, 0.1) is 17.8 Å². The molecule has 2 unspecified atom stereocenters. The summed E-state index contributed by atoms with van der Waals surface area (Å²) < 4.78 is 0. The van der Waals surface area contributed by atoms with Gasteiger partial charge in [0, 0.05) is 0 Å². The summed E-state index contributed by atoms with van der Waals surface area (Å²) in [6, 6.07) is 9.33. The molecular formula is C19H31N. The summed E-state index contributed by atoms with van der Waals surface area (Å²) in [5, 5.41) is 3.63. The van der Waals surface area contributed by atoms with Crippen molar-refractivity contribution in [3.8, 4) is 0 Å². The third kappa shape index (κ3) is 4.34. The second-order valence-corrected chi connectivity index (χ2v) is 7.34. The highest BCUT2D eigenvalue weighted by atomic mass is 14.9. The average molecular weight is 273 g/mol. The lowest BCUT2D eigenvalue weighted by Gasteiger charge is -2.37. The fraction of sp³-hybridized carbons (Fsp3) is 0.684. The Labute approximate surface area is 125 Å². The minimum atomic E-state index is 0.746. The number of benzene rings is 1. The maximum atomic E-state index is 3.63. The van der Waals surface area contributed by atoms with Gasteiger partial charge in [0.15, 0.2) is 0 Å². The zero-order chi connectivity index (χ0) is 14.5. The maximum Gasteiger partial charge on any atom is -0.00146 e. The van der Waals surface area contributed by atoms with Crippen molar-refractivity contribution in [3.63, 3.8) is 0 Å². The highest BCUT2D eigenvalue weighted by molar-refractivity contribution is 5.29. The molecule has 2 rings (SSSR count). The van der Waals surface area contributed by atoms with Crippen molar-refractivity contribution in [2.45, 2.75) is 52.9 Å². The minimum Gasteiger partial charge on any atom is -0.316 e. The predicted octanol–water partition coefficient (Wildman–Crippen LogP) is 4.62. The standard InChI is InChI=1S/C19H31N/c1-14(2)10-16-6-5-7-17(11-16)19-9-8-18(19)13-20-12-15(3)4/h5-7,11,14-15,18-20H,8-10,12-13H2,1-4H3. The van der Waals surface area contributed by atoms with Crippen LogP contribution >= 0.6 is 0 Å². The third-order valence-corrected chi connectivity index (χ3v) is 4.40. The lowest BCUT2D eigenvalue weighted by Crippen LogP contribution is -2.35. The van der Waals surface area contributed by atoms with E-state index >= 15 is 0 Å². The van der Waals surface area contributed by atoms with E-state index < -0.39 is 0 Å². The molecule has 1 heteroatoms. The van der Waals surface area contributed by atoms with Crippen molar-refractivity contribution in [2.75, 3.05) is 13.1 Å². The summed E-state index contributed by atoms with van der Waals surface area (Å²) in [6.45, 7) is 11.5. The second-order valence-electron chi connectivity index (χ2n) is 7.34. The van der Waals surface area contributed by atoms with Crippen LogP contribution in [0.5, 0.6) is 0 Å². The van der Waals surface area contributed by atoms with Crippen LogP contribution < -0.4 is 5.32 Å². The van der Waals surface area contributed by atoms with E-state index in [-0.39, 0.29) is 0 Å². The van der Waals surface area contributed by atoms with Crippen LogP contribution in [-0.2, 0) is 6.42 Å². The number of nitrogens with one attached hydrogen (secondary N) is 1. The van der Waals surface area contributed by atoms with Gasteiger partial charge in [-0.25, -0.2) is 0 Å². The Hall–Kier alpha value is -0.820. The first-order valence-corrected chi connectivity index (χ1v) is 8.35. The molecule has 0 spiro atoms. The molecule has 1 N–H and O–H groups in total. The van der Waals surface area contributed by atoms with Crippen molar-refractivity contribution >= 4 is 0 Å². The topological polar surface area (TPSA) is 12.0 Å². The first-order valence-electron chi connectivity index (χ1n) is 8.35. The quantitative estimate of drug-likeness (QED) is 0.764. The molecule has 20 heavy (non-hydrogen) atoms. The molecule has 0 aliphatic heterocycles. The first-order chi connectivity index (χ1) is 9.56. The monoisotopic (exact) mass is 273 g/mol. The molecule has 0 radical (unpaired) electrons. The smallest absolute Gasteiger partial charge is 0.00146 e. The molecule has 0 heterocycles. The highest BCUT2D eigenvalue weighted by Crippen LogP contribution is 2.42. The van der Waals surface area contributed by atoms with Gasteiger partial charge in [0.2, 0.25) is 0 Å². The Morgan fingerprint density at radius 1 is 1.10 bits per heavy atom. The average Bonchev–Trinajstić information content (AvgIpc) is 2.32. The Kier molecular flexibility index (Phi) is 5.65. The number of rotatable bonds is 7. The van der Waals surface area contributed by atoms with Gasteiger partial charge in [0.05, 0.1) is 0 Å². The van der Waals surface area contributed by atoms with Gasteiger partial charge in [-0.05, 0) is 67.2 Å². The molecule has 0 bridgehead atoms. The molecule has 1 aromatic carbocycles. The van der Waals surface area contributed by atoms with Crippen LogP contribution in [0.15, 0.2) is 24.3 Å². The van der Waals surface area contributed by atoms with Crippen molar-refractivity contribution < 1.29 is 0 Å². The SMILES string of the molecule is CC(C)CNCC1CCC1c1cccc(CC(C)C)c1. The normalized spacial score (nSPS) is 22.3. The number of hydrogen-bond donors (Lipinski definition) is 1. The van der Waals surface area contributed by atoms with Gasteiger partial charge in [0.25, 0.3) is 0 Å². The number of hydrogen-bond acceptors (Lipinski definition) is 1. The summed E-state index contributed by atoms with van der Waals surface area (Å²) in [4.78, 5) is 0. The van der Waals surface area contributed by atoms with E-state index in [4.69, 9.17) is 0 Å². The van der Waals surface area contributed by atoms with Crippen LogP contribution in [0.4, 0.5) is 0 Å². The summed E-state index contributed by atoms with van der Waals surface area (Å²) in [5.74, 6) is 3.14. The van der Waals surface area contributed by atoms with E-state index in [0.717, 1.165) is 30.2 Å². The van der Waals surface area contributed by atoms with E-state index in [1.165, 1.54) is 31.4 Å². The van der Waals surface area contributed by atoms with Crippen LogP contribution in [0.25, 0.3) is 0 Å². The molecule has 112 valence electrons. The predicted molar refractivity (Wildman–Crippen MR) is 88.2 cm³/mol. The van der Waals surface area contributed by atoms with E-state index in [9.17, 15) is 0 Å². The van der Waals surface area contributed by atoms with Gasteiger partial charge < -0.3 is 5.32 Å². The van der Waals surface area contributed by atoms with E-state index in [1.807, 2.05) is 0 Å². The molecule has 1 aliphatic carbocycles. The summed E-state index contributed by atoms with van der Waals surface area (Å²) in [7, 11) is 0. The molecule has 1 nitrogen and oxygen atoms in total.